The van der Waals surface area contributed by atoms with Gasteiger partial charge in [0.25, 0.3) is 5.91 Å². The molecule has 2 aromatic carbocycles. The number of benzene rings is 2. The molecule has 0 N–H and O–H groups in total. The van der Waals surface area contributed by atoms with Gasteiger partial charge in [0.15, 0.2) is 0 Å². The highest BCUT2D eigenvalue weighted by Gasteiger charge is 2.17. The maximum Gasteiger partial charge on any atom is 0.253 e. The first kappa shape index (κ1) is 21.5. The smallest absolute Gasteiger partial charge is 0.253 e. The molecular weight excluding hydrogens is 433 g/mol. The lowest BCUT2D eigenvalue weighted by Crippen LogP contribution is -2.27. The Bertz CT molecular complexity index is 1020. The molecule has 0 bridgehead atoms. The Kier molecular flexibility index (Phi) is 7.06. The van der Waals surface area contributed by atoms with Crippen LogP contribution in [0, 0.1) is 0 Å². The van der Waals surface area contributed by atoms with Gasteiger partial charge in [-0.25, -0.2) is 0 Å². The van der Waals surface area contributed by atoms with Crippen LogP contribution >= 0.6 is 34.8 Å². The molecule has 0 aliphatic heterocycles. The van der Waals surface area contributed by atoms with Crippen molar-refractivity contribution in [2.24, 2.45) is 0 Å². The molecule has 0 aliphatic rings. The third-order valence-electron chi connectivity index (χ3n) is 4.42. The van der Waals surface area contributed by atoms with Gasteiger partial charge in [0.2, 0.25) is 0 Å². The van der Waals surface area contributed by atoms with E-state index < -0.39 is 0 Å². The van der Waals surface area contributed by atoms with E-state index in [2.05, 4.69) is 5.10 Å². The lowest BCUT2D eigenvalue weighted by Gasteiger charge is -2.18. The molecule has 3 rings (SSSR count). The van der Waals surface area contributed by atoms with Crippen molar-refractivity contribution in [2.75, 3.05) is 7.05 Å². The zero-order valence-corrected chi connectivity index (χ0v) is 18.3. The van der Waals surface area contributed by atoms with Gasteiger partial charge in [0.05, 0.1) is 28.5 Å². The second-order valence-corrected chi connectivity index (χ2v) is 7.65. The number of aromatic nitrogens is 2. The molecule has 0 unspecified atom stereocenters. The summed E-state index contributed by atoms with van der Waals surface area (Å²) in [6.45, 7) is 3.29. The summed E-state index contributed by atoms with van der Waals surface area (Å²) < 4.78 is 7.54. The first-order chi connectivity index (χ1) is 13.9. The van der Waals surface area contributed by atoms with Crippen molar-refractivity contribution in [1.82, 2.24) is 14.7 Å². The second kappa shape index (κ2) is 9.53. The molecule has 0 saturated carbocycles. The van der Waals surface area contributed by atoms with Crippen LogP contribution in [0.5, 0.6) is 5.75 Å². The normalized spacial score (nSPS) is 10.8. The lowest BCUT2D eigenvalue weighted by atomic mass is 10.1. The maximum absolute atomic E-state index is 12.9. The van der Waals surface area contributed by atoms with E-state index in [0.717, 1.165) is 11.3 Å². The van der Waals surface area contributed by atoms with Crippen molar-refractivity contribution >= 4 is 40.7 Å². The van der Waals surface area contributed by atoms with Gasteiger partial charge >= 0.3 is 0 Å². The van der Waals surface area contributed by atoms with Crippen LogP contribution in [0.4, 0.5) is 0 Å². The number of aryl methyl sites for hydroxylation is 1. The number of nitrogens with zero attached hydrogens (tertiary/aromatic N) is 3. The largest absolute Gasteiger partial charge is 0.487 e. The van der Waals surface area contributed by atoms with E-state index in [0.29, 0.717) is 39.5 Å². The SMILES string of the molecule is CCn1ncc(Cl)c1CN(C)C(=O)c1cccc(COc2cccc(Cl)c2Cl)c1. The summed E-state index contributed by atoms with van der Waals surface area (Å²) in [5, 5.41) is 5.55. The van der Waals surface area contributed by atoms with Gasteiger partial charge in [-0.2, -0.15) is 5.10 Å². The Morgan fingerprint density at radius 2 is 1.90 bits per heavy atom. The highest BCUT2D eigenvalue weighted by Crippen LogP contribution is 2.32. The molecule has 29 heavy (non-hydrogen) atoms. The van der Waals surface area contributed by atoms with Gasteiger partial charge in [-0.3, -0.25) is 9.48 Å². The van der Waals surface area contributed by atoms with Crippen LogP contribution in [0.2, 0.25) is 15.1 Å². The lowest BCUT2D eigenvalue weighted by molar-refractivity contribution is 0.0781. The highest BCUT2D eigenvalue weighted by atomic mass is 35.5. The summed E-state index contributed by atoms with van der Waals surface area (Å²) in [5.41, 5.74) is 2.21. The summed E-state index contributed by atoms with van der Waals surface area (Å²) in [7, 11) is 1.74. The second-order valence-electron chi connectivity index (χ2n) is 6.46. The van der Waals surface area contributed by atoms with Gasteiger partial charge in [-0.05, 0) is 36.8 Å². The maximum atomic E-state index is 12.9. The van der Waals surface area contributed by atoms with Crippen molar-refractivity contribution in [3.05, 3.63) is 80.6 Å². The standard InChI is InChI=1S/C21H20Cl3N3O2/c1-3-27-18(17(23)11-25-27)12-26(2)21(28)15-7-4-6-14(10-15)13-29-19-9-5-8-16(22)20(19)24/h4-11H,3,12-13H2,1-2H3. The zero-order valence-electron chi connectivity index (χ0n) is 16.0. The molecule has 1 amide bonds. The highest BCUT2D eigenvalue weighted by molar-refractivity contribution is 6.42. The number of amides is 1. The molecule has 5 nitrogen and oxygen atoms in total. The zero-order chi connectivity index (χ0) is 21.0. The molecule has 3 aromatic rings. The number of ether oxygens (including phenoxy) is 1. The number of carbonyl (C=O) groups is 1. The predicted molar refractivity (Wildman–Crippen MR) is 116 cm³/mol. The van der Waals surface area contributed by atoms with E-state index in [1.165, 1.54) is 0 Å². The minimum Gasteiger partial charge on any atom is -0.487 e. The van der Waals surface area contributed by atoms with E-state index in [1.54, 1.807) is 53.2 Å². The summed E-state index contributed by atoms with van der Waals surface area (Å²) >= 11 is 18.4. The Balaban J connectivity index is 1.70. The van der Waals surface area contributed by atoms with Crippen molar-refractivity contribution in [3.8, 4) is 5.75 Å². The van der Waals surface area contributed by atoms with E-state index in [4.69, 9.17) is 39.5 Å². The van der Waals surface area contributed by atoms with Crippen LogP contribution in [0.3, 0.4) is 0 Å². The van der Waals surface area contributed by atoms with Crippen LogP contribution in [0.1, 0.15) is 28.5 Å². The molecule has 0 fully saturated rings. The third kappa shape index (κ3) is 5.04. The number of hydrogen-bond acceptors (Lipinski definition) is 3. The molecule has 0 spiro atoms. The Morgan fingerprint density at radius 3 is 2.66 bits per heavy atom. The molecule has 1 aromatic heterocycles. The number of carbonyl (C=O) groups excluding carboxylic acids is 1. The fourth-order valence-electron chi connectivity index (χ4n) is 2.89. The van der Waals surface area contributed by atoms with Gasteiger partial charge in [-0.1, -0.05) is 53.0 Å². The van der Waals surface area contributed by atoms with Crippen LogP contribution in [-0.4, -0.2) is 27.6 Å². The Morgan fingerprint density at radius 1 is 1.14 bits per heavy atom. The van der Waals surface area contributed by atoms with E-state index in [1.807, 2.05) is 19.1 Å². The van der Waals surface area contributed by atoms with E-state index in [9.17, 15) is 4.79 Å². The minimum atomic E-state index is -0.118. The minimum absolute atomic E-state index is 0.118. The molecule has 0 atom stereocenters. The quantitative estimate of drug-likeness (QED) is 0.461. The van der Waals surface area contributed by atoms with E-state index >= 15 is 0 Å². The predicted octanol–water partition coefficient (Wildman–Crippen LogP) is 5.71. The summed E-state index contributed by atoms with van der Waals surface area (Å²) in [5.74, 6) is 0.378. The fraction of sp³-hybridized carbons (Fsp3) is 0.238. The molecule has 8 heteroatoms. The molecular formula is C21H20Cl3N3O2. The van der Waals surface area contributed by atoms with E-state index in [-0.39, 0.29) is 12.5 Å². The van der Waals surface area contributed by atoms with Crippen LogP contribution < -0.4 is 4.74 Å². The summed E-state index contributed by atoms with van der Waals surface area (Å²) in [6.07, 6.45) is 1.59. The Hall–Kier alpha value is -2.21. The van der Waals surface area contributed by atoms with Gasteiger partial charge in [0.1, 0.15) is 17.4 Å². The first-order valence-corrected chi connectivity index (χ1v) is 10.2. The molecule has 152 valence electrons. The first-order valence-electron chi connectivity index (χ1n) is 9.02. The number of halogens is 3. The van der Waals surface area contributed by atoms with Gasteiger partial charge in [0, 0.05) is 19.2 Å². The number of rotatable bonds is 7. The monoisotopic (exact) mass is 451 g/mol. The fourth-order valence-corrected chi connectivity index (χ4v) is 3.43. The Labute approximate surface area is 184 Å². The van der Waals surface area contributed by atoms with Gasteiger partial charge < -0.3 is 9.64 Å². The third-order valence-corrected chi connectivity index (χ3v) is 5.53. The average Bonchev–Trinajstić information content (AvgIpc) is 3.08. The van der Waals surface area contributed by atoms with Crippen LogP contribution in [0.25, 0.3) is 0 Å². The molecule has 1 heterocycles. The van der Waals surface area contributed by atoms with Crippen LogP contribution in [-0.2, 0) is 19.7 Å². The van der Waals surface area contributed by atoms with Crippen LogP contribution in [0.15, 0.2) is 48.7 Å². The molecule has 0 radical (unpaired) electrons. The molecule has 0 aliphatic carbocycles. The number of hydrogen-bond donors (Lipinski definition) is 0. The average molecular weight is 453 g/mol. The summed E-state index contributed by atoms with van der Waals surface area (Å²) in [4.78, 5) is 14.5. The van der Waals surface area contributed by atoms with Crippen molar-refractivity contribution in [2.45, 2.75) is 26.6 Å². The summed E-state index contributed by atoms with van der Waals surface area (Å²) in [6, 6.07) is 12.5. The molecule has 0 saturated heterocycles. The van der Waals surface area contributed by atoms with Crippen molar-refractivity contribution in [3.63, 3.8) is 0 Å². The topological polar surface area (TPSA) is 47.4 Å². The van der Waals surface area contributed by atoms with Crippen molar-refractivity contribution < 1.29 is 9.53 Å². The van der Waals surface area contributed by atoms with Gasteiger partial charge in [-0.15, -0.1) is 0 Å². The van der Waals surface area contributed by atoms with Crippen molar-refractivity contribution in [1.29, 1.82) is 0 Å².